The number of nitrogens with zero attached hydrogens (tertiary/aromatic N) is 3. The molecule has 2 rings (SSSR count). The number of hydrogen-bond acceptors (Lipinski definition) is 3. The second kappa shape index (κ2) is 11.4. The third-order valence-electron chi connectivity index (χ3n) is 4.34. The number of guanidine groups is 1. The molecule has 0 spiro atoms. The molecule has 1 aromatic carbocycles. The Morgan fingerprint density at radius 3 is 2.78 bits per heavy atom. The Labute approximate surface area is 162 Å². The first-order chi connectivity index (χ1) is 13.1. The zero-order chi connectivity index (χ0) is 19.5. The monoisotopic (exact) mass is 371 g/mol. The third-order valence-corrected chi connectivity index (χ3v) is 4.34. The predicted octanol–water partition coefficient (Wildman–Crippen LogP) is 2.97. The van der Waals surface area contributed by atoms with Crippen molar-refractivity contribution >= 4 is 5.96 Å². The number of aliphatic hydroxyl groups is 1. The van der Waals surface area contributed by atoms with Crippen molar-refractivity contribution in [3.05, 3.63) is 48.3 Å². The van der Waals surface area contributed by atoms with Crippen LogP contribution in [-0.4, -0.2) is 40.5 Å². The summed E-state index contributed by atoms with van der Waals surface area (Å²) in [6, 6.07) is 10.2. The molecule has 0 aliphatic heterocycles. The fourth-order valence-electron chi connectivity index (χ4n) is 3.12. The molecule has 27 heavy (non-hydrogen) atoms. The zero-order valence-corrected chi connectivity index (χ0v) is 16.7. The Hall–Kier alpha value is -2.34. The standard InChI is InChI=1S/C21H33N5O/c1-4-22-21(24-16-19(9-12-27)13-17(2)3)23-15-18-7-5-8-20(14-18)26-11-6-10-25-26/h5-8,10-11,14,17,19,27H,4,9,12-13,15-16H2,1-3H3,(H2,22,23,24). The summed E-state index contributed by atoms with van der Waals surface area (Å²) in [4.78, 5) is 4.72. The van der Waals surface area contributed by atoms with Crippen LogP contribution in [0.3, 0.4) is 0 Å². The minimum atomic E-state index is 0.229. The van der Waals surface area contributed by atoms with E-state index in [0.29, 0.717) is 18.4 Å². The number of benzene rings is 1. The van der Waals surface area contributed by atoms with Crippen LogP contribution in [-0.2, 0) is 6.54 Å². The fourth-order valence-corrected chi connectivity index (χ4v) is 3.12. The average molecular weight is 372 g/mol. The lowest BCUT2D eigenvalue weighted by atomic mass is 9.94. The Morgan fingerprint density at radius 2 is 2.11 bits per heavy atom. The largest absolute Gasteiger partial charge is 0.396 e. The van der Waals surface area contributed by atoms with Gasteiger partial charge < -0.3 is 15.7 Å². The van der Waals surface area contributed by atoms with E-state index < -0.39 is 0 Å². The van der Waals surface area contributed by atoms with Crippen LogP contribution >= 0.6 is 0 Å². The first-order valence-electron chi connectivity index (χ1n) is 9.84. The molecule has 1 heterocycles. The minimum absolute atomic E-state index is 0.229. The third kappa shape index (κ3) is 7.43. The number of nitrogens with one attached hydrogen (secondary N) is 2. The van der Waals surface area contributed by atoms with Crippen molar-refractivity contribution in [1.29, 1.82) is 0 Å². The fraction of sp³-hybridized carbons (Fsp3) is 0.524. The number of aliphatic hydroxyl groups excluding tert-OH is 1. The SMILES string of the molecule is CCNC(=NCc1cccc(-n2cccn2)c1)NCC(CCO)CC(C)C. The van der Waals surface area contributed by atoms with Crippen LogP contribution in [0.2, 0.25) is 0 Å². The van der Waals surface area contributed by atoms with E-state index in [1.807, 2.05) is 29.1 Å². The van der Waals surface area contributed by atoms with E-state index in [1.54, 1.807) is 6.20 Å². The van der Waals surface area contributed by atoms with Crippen LogP contribution in [0.1, 0.15) is 39.2 Å². The summed E-state index contributed by atoms with van der Waals surface area (Å²) in [7, 11) is 0. The van der Waals surface area contributed by atoms with Crippen LogP contribution < -0.4 is 10.6 Å². The second-order valence-corrected chi connectivity index (χ2v) is 7.20. The molecular weight excluding hydrogens is 338 g/mol. The normalized spacial score (nSPS) is 13.0. The van der Waals surface area contributed by atoms with E-state index in [2.05, 4.69) is 48.6 Å². The smallest absolute Gasteiger partial charge is 0.191 e. The van der Waals surface area contributed by atoms with E-state index >= 15 is 0 Å². The second-order valence-electron chi connectivity index (χ2n) is 7.20. The molecule has 6 nitrogen and oxygen atoms in total. The summed E-state index contributed by atoms with van der Waals surface area (Å²) in [5.74, 6) is 1.88. The van der Waals surface area contributed by atoms with Gasteiger partial charge in [-0.1, -0.05) is 26.0 Å². The van der Waals surface area contributed by atoms with Crippen LogP contribution in [0.5, 0.6) is 0 Å². The predicted molar refractivity (Wildman–Crippen MR) is 111 cm³/mol. The summed E-state index contributed by atoms with van der Waals surface area (Å²) in [5, 5.41) is 20.3. The first kappa shape index (κ1) is 21.0. The number of rotatable bonds is 10. The van der Waals surface area contributed by atoms with E-state index in [9.17, 15) is 5.11 Å². The summed E-state index contributed by atoms with van der Waals surface area (Å²) in [6.45, 7) is 8.96. The summed E-state index contributed by atoms with van der Waals surface area (Å²) in [5.41, 5.74) is 2.17. The average Bonchev–Trinajstić information content (AvgIpc) is 3.18. The molecule has 6 heteroatoms. The Kier molecular flexibility index (Phi) is 8.84. The van der Waals surface area contributed by atoms with Gasteiger partial charge in [-0.2, -0.15) is 5.10 Å². The highest BCUT2D eigenvalue weighted by Crippen LogP contribution is 2.14. The highest BCUT2D eigenvalue weighted by molar-refractivity contribution is 5.79. The van der Waals surface area contributed by atoms with Crippen molar-refractivity contribution in [2.24, 2.45) is 16.8 Å². The minimum Gasteiger partial charge on any atom is -0.396 e. The molecule has 0 aliphatic carbocycles. The van der Waals surface area contributed by atoms with Gasteiger partial charge in [0.05, 0.1) is 12.2 Å². The summed E-state index contributed by atoms with van der Waals surface area (Å²) >= 11 is 0. The lowest BCUT2D eigenvalue weighted by Gasteiger charge is -2.20. The van der Waals surface area contributed by atoms with Crippen molar-refractivity contribution in [2.75, 3.05) is 19.7 Å². The molecule has 1 unspecified atom stereocenters. The lowest BCUT2D eigenvalue weighted by molar-refractivity contribution is 0.243. The molecule has 0 amide bonds. The molecule has 0 fully saturated rings. The van der Waals surface area contributed by atoms with Crippen molar-refractivity contribution in [3.63, 3.8) is 0 Å². The Balaban J connectivity index is 1.99. The van der Waals surface area contributed by atoms with Gasteiger partial charge in [-0.25, -0.2) is 9.67 Å². The maximum absolute atomic E-state index is 9.29. The van der Waals surface area contributed by atoms with Crippen LogP contribution in [0.15, 0.2) is 47.7 Å². The Morgan fingerprint density at radius 1 is 1.26 bits per heavy atom. The molecule has 0 saturated carbocycles. The molecule has 148 valence electrons. The van der Waals surface area contributed by atoms with Crippen LogP contribution in [0, 0.1) is 11.8 Å². The van der Waals surface area contributed by atoms with Crippen LogP contribution in [0.4, 0.5) is 0 Å². The molecule has 2 aromatic rings. The topological polar surface area (TPSA) is 74.5 Å². The van der Waals surface area contributed by atoms with Crippen molar-refractivity contribution in [3.8, 4) is 5.69 Å². The van der Waals surface area contributed by atoms with Crippen molar-refractivity contribution in [2.45, 2.75) is 40.2 Å². The van der Waals surface area contributed by atoms with Gasteiger partial charge in [0.15, 0.2) is 5.96 Å². The molecule has 1 atom stereocenters. The lowest BCUT2D eigenvalue weighted by Crippen LogP contribution is -2.40. The van der Waals surface area contributed by atoms with Gasteiger partial charge >= 0.3 is 0 Å². The zero-order valence-electron chi connectivity index (χ0n) is 16.7. The van der Waals surface area contributed by atoms with Gasteiger partial charge in [-0.3, -0.25) is 0 Å². The van der Waals surface area contributed by atoms with E-state index in [-0.39, 0.29) is 6.61 Å². The number of aliphatic imine (C=N–C) groups is 1. The van der Waals surface area contributed by atoms with Gasteiger partial charge in [0.1, 0.15) is 0 Å². The van der Waals surface area contributed by atoms with E-state index in [0.717, 1.165) is 43.1 Å². The quantitative estimate of drug-likeness (QED) is 0.443. The highest BCUT2D eigenvalue weighted by Gasteiger charge is 2.11. The van der Waals surface area contributed by atoms with Gasteiger partial charge in [0, 0.05) is 32.1 Å². The number of hydrogen-bond donors (Lipinski definition) is 3. The summed E-state index contributed by atoms with van der Waals surface area (Å²) < 4.78 is 1.85. The molecule has 0 aliphatic rings. The molecule has 3 N–H and O–H groups in total. The summed E-state index contributed by atoms with van der Waals surface area (Å²) in [6.07, 6.45) is 5.62. The Bertz CT molecular complexity index is 682. The van der Waals surface area contributed by atoms with Gasteiger partial charge in [0.2, 0.25) is 0 Å². The van der Waals surface area contributed by atoms with Gasteiger partial charge in [-0.05, 0) is 55.4 Å². The molecular formula is C21H33N5O. The van der Waals surface area contributed by atoms with Crippen molar-refractivity contribution < 1.29 is 5.11 Å². The maximum Gasteiger partial charge on any atom is 0.191 e. The van der Waals surface area contributed by atoms with Crippen molar-refractivity contribution in [1.82, 2.24) is 20.4 Å². The molecule has 0 bridgehead atoms. The molecule has 1 aromatic heterocycles. The number of aromatic nitrogens is 2. The van der Waals surface area contributed by atoms with Gasteiger partial charge in [-0.15, -0.1) is 0 Å². The van der Waals surface area contributed by atoms with Crippen LogP contribution in [0.25, 0.3) is 5.69 Å². The van der Waals surface area contributed by atoms with E-state index in [1.165, 1.54) is 0 Å². The maximum atomic E-state index is 9.29. The molecule has 0 radical (unpaired) electrons. The van der Waals surface area contributed by atoms with Gasteiger partial charge in [0.25, 0.3) is 0 Å². The highest BCUT2D eigenvalue weighted by atomic mass is 16.3. The van der Waals surface area contributed by atoms with E-state index in [4.69, 9.17) is 4.99 Å². The first-order valence-corrected chi connectivity index (χ1v) is 9.84. The molecule has 0 saturated heterocycles.